The van der Waals surface area contributed by atoms with Gasteiger partial charge in [-0.3, -0.25) is 14.4 Å². The molecule has 9 heteroatoms. The number of Topliss-reactive ketones (excluding diaryl/α,β-unsaturated/α-hetero) is 1. The van der Waals surface area contributed by atoms with Gasteiger partial charge < -0.3 is 25.3 Å². The summed E-state index contributed by atoms with van der Waals surface area (Å²) in [5.41, 5.74) is 1.08. The van der Waals surface area contributed by atoms with E-state index >= 15 is 0 Å². The number of carbonyl (C=O) groups is 3. The number of nitriles is 1. The first kappa shape index (κ1) is 23.1. The highest BCUT2D eigenvalue weighted by Crippen LogP contribution is 2.26. The molecule has 0 bridgehead atoms. The van der Waals surface area contributed by atoms with Crippen molar-refractivity contribution in [2.24, 2.45) is 11.8 Å². The summed E-state index contributed by atoms with van der Waals surface area (Å²) in [5, 5.41) is 15.8. The number of amides is 2. The van der Waals surface area contributed by atoms with Crippen LogP contribution >= 0.6 is 0 Å². The lowest BCUT2D eigenvalue weighted by Gasteiger charge is -2.23. The van der Waals surface area contributed by atoms with E-state index in [0.717, 1.165) is 10.9 Å². The van der Waals surface area contributed by atoms with Crippen molar-refractivity contribution >= 4 is 28.5 Å². The number of rotatable bonds is 10. The van der Waals surface area contributed by atoms with Crippen LogP contribution in [0.1, 0.15) is 37.2 Å². The summed E-state index contributed by atoms with van der Waals surface area (Å²) in [6, 6.07) is 6.43. The van der Waals surface area contributed by atoms with Gasteiger partial charge in [0.25, 0.3) is 5.91 Å². The molecule has 2 aromatic rings. The molecule has 1 aromatic carbocycles. The molecule has 1 aromatic heterocycles. The van der Waals surface area contributed by atoms with Crippen molar-refractivity contribution in [1.82, 2.24) is 20.5 Å². The van der Waals surface area contributed by atoms with Crippen LogP contribution < -0.4 is 15.4 Å². The van der Waals surface area contributed by atoms with E-state index in [1.807, 2.05) is 38.2 Å². The molecule has 0 unspecified atom stereocenters. The number of hydrogen-bond donors (Lipinski definition) is 3. The Morgan fingerprint density at radius 3 is 2.78 bits per heavy atom. The minimum Gasteiger partial charge on any atom is -0.496 e. The predicted octanol–water partition coefficient (Wildman–Crippen LogP) is 1.81. The Bertz CT molecular complexity index is 1040. The van der Waals surface area contributed by atoms with Crippen LogP contribution in [-0.4, -0.2) is 60.3 Å². The maximum atomic E-state index is 13.0. The van der Waals surface area contributed by atoms with Crippen LogP contribution in [0.15, 0.2) is 24.3 Å². The monoisotopic (exact) mass is 439 g/mol. The summed E-state index contributed by atoms with van der Waals surface area (Å²) in [7, 11) is 1.56. The van der Waals surface area contributed by atoms with E-state index in [-0.39, 0.29) is 36.6 Å². The van der Waals surface area contributed by atoms with Crippen molar-refractivity contribution in [3.63, 3.8) is 0 Å². The van der Waals surface area contributed by atoms with Gasteiger partial charge in [0.2, 0.25) is 5.91 Å². The fraction of sp³-hybridized carbons (Fsp3) is 0.478. The zero-order chi connectivity index (χ0) is 23.3. The van der Waals surface area contributed by atoms with Gasteiger partial charge in [0.05, 0.1) is 25.6 Å². The summed E-state index contributed by atoms with van der Waals surface area (Å²) in [6.07, 6.45) is 3.09. The fourth-order valence-electron chi connectivity index (χ4n) is 3.93. The highest BCUT2D eigenvalue weighted by molar-refractivity contribution is 6.01. The van der Waals surface area contributed by atoms with E-state index < -0.39 is 11.9 Å². The van der Waals surface area contributed by atoms with Gasteiger partial charge in [-0.25, -0.2) is 0 Å². The van der Waals surface area contributed by atoms with E-state index in [2.05, 4.69) is 15.6 Å². The molecule has 1 aliphatic rings. The molecule has 0 saturated carbocycles. The van der Waals surface area contributed by atoms with E-state index in [0.29, 0.717) is 30.8 Å². The third-order valence-corrected chi connectivity index (χ3v) is 5.58. The van der Waals surface area contributed by atoms with E-state index in [9.17, 15) is 19.6 Å². The predicted molar refractivity (Wildman–Crippen MR) is 119 cm³/mol. The minimum absolute atomic E-state index is 0.0982. The molecule has 1 fully saturated rings. The molecule has 1 saturated heterocycles. The maximum absolute atomic E-state index is 13.0. The molecule has 2 amide bonds. The Hall–Kier alpha value is -3.54. The van der Waals surface area contributed by atoms with Gasteiger partial charge in [-0.15, -0.1) is 0 Å². The summed E-state index contributed by atoms with van der Waals surface area (Å²) in [5.74, 6) is -0.265. The van der Waals surface area contributed by atoms with Gasteiger partial charge in [-0.05, 0) is 37.0 Å². The molecule has 32 heavy (non-hydrogen) atoms. The molecule has 3 rings (SSSR count). The van der Waals surface area contributed by atoms with E-state index in [1.54, 1.807) is 13.2 Å². The second-order valence-electron chi connectivity index (χ2n) is 8.48. The molecule has 2 heterocycles. The lowest BCUT2D eigenvalue weighted by atomic mass is 9.99. The lowest BCUT2D eigenvalue weighted by molar-refractivity contribution is -0.124. The molecule has 3 N–H and O–H groups in total. The highest BCUT2D eigenvalue weighted by atomic mass is 16.5. The van der Waals surface area contributed by atoms with Gasteiger partial charge >= 0.3 is 0 Å². The van der Waals surface area contributed by atoms with Gasteiger partial charge in [0, 0.05) is 24.0 Å². The molecule has 0 radical (unpaired) electrons. The molecular weight excluding hydrogens is 410 g/mol. The average Bonchev–Trinajstić information content (AvgIpc) is 3.38. The Kier molecular flexibility index (Phi) is 7.36. The lowest BCUT2D eigenvalue weighted by Crippen LogP contribution is -2.46. The third-order valence-electron chi connectivity index (χ3n) is 5.58. The number of H-pyrrole nitrogens is 1. The number of carbonyl (C=O) groups excluding carboxylic acids is 3. The van der Waals surface area contributed by atoms with Crippen molar-refractivity contribution in [2.45, 2.75) is 32.7 Å². The van der Waals surface area contributed by atoms with Gasteiger partial charge in [0.15, 0.2) is 12.0 Å². The second kappa shape index (κ2) is 10.2. The number of methoxy groups -OCH3 is 1. The summed E-state index contributed by atoms with van der Waals surface area (Å²) < 4.78 is 5.34. The topological polar surface area (TPSA) is 127 Å². The Balaban J connectivity index is 1.71. The standard InChI is InChI=1S/C23H29N5O4/c1-14(2)9-18(20(29)12-28(13-24)11-15-7-8-25-22(15)30)27-23(31)19-10-16-17(26-19)5-4-6-21(16)32-3/h4-6,10,14-15,18,26H,7-9,11-12H2,1-3H3,(H,25,30)(H,27,31)/t15-,18-/m0/s1. The van der Waals surface area contributed by atoms with Crippen LogP contribution in [0.25, 0.3) is 10.9 Å². The third kappa shape index (κ3) is 5.38. The van der Waals surface area contributed by atoms with Gasteiger partial charge in [0.1, 0.15) is 11.4 Å². The average molecular weight is 440 g/mol. The van der Waals surface area contributed by atoms with Crippen molar-refractivity contribution in [3.05, 3.63) is 30.0 Å². The number of ketones is 1. The molecule has 9 nitrogen and oxygen atoms in total. The molecule has 170 valence electrons. The largest absolute Gasteiger partial charge is 0.496 e. The fourth-order valence-corrected chi connectivity index (χ4v) is 3.93. The first-order valence-electron chi connectivity index (χ1n) is 10.7. The number of nitrogens with one attached hydrogen (secondary N) is 3. The molecule has 2 atom stereocenters. The SMILES string of the molecule is COc1cccc2[nH]c(C(=O)N[C@@H](CC(C)C)C(=O)CN(C#N)C[C@@H]3CCNC3=O)cc12. The quantitative estimate of drug-likeness (QED) is 0.383. The smallest absolute Gasteiger partial charge is 0.268 e. The molecule has 1 aliphatic heterocycles. The number of ether oxygens (including phenoxy) is 1. The number of aromatic amines is 1. The Morgan fingerprint density at radius 1 is 1.38 bits per heavy atom. The first-order valence-corrected chi connectivity index (χ1v) is 10.7. The summed E-state index contributed by atoms with van der Waals surface area (Å²) >= 11 is 0. The van der Waals surface area contributed by atoms with Crippen LogP contribution in [0.2, 0.25) is 0 Å². The zero-order valence-electron chi connectivity index (χ0n) is 18.6. The molecular formula is C23H29N5O4. The van der Waals surface area contributed by atoms with Crippen LogP contribution in [-0.2, 0) is 9.59 Å². The summed E-state index contributed by atoms with van der Waals surface area (Å²) in [6.45, 7) is 4.55. The van der Waals surface area contributed by atoms with Gasteiger partial charge in [-0.1, -0.05) is 19.9 Å². The first-order chi connectivity index (χ1) is 15.3. The van der Waals surface area contributed by atoms with E-state index in [1.165, 1.54) is 4.90 Å². The summed E-state index contributed by atoms with van der Waals surface area (Å²) in [4.78, 5) is 42.1. The van der Waals surface area contributed by atoms with Crippen LogP contribution in [0.4, 0.5) is 0 Å². The van der Waals surface area contributed by atoms with Crippen molar-refractivity contribution in [2.75, 3.05) is 26.7 Å². The van der Waals surface area contributed by atoms with Crippen molar-refractivity contribution in [3.8, 4) is 11.9 Å². The minimum atomic E-state index is -0.746. The number of hydrogen-bond acceptors (Lipinski definition) is 6. The van der Waals surface area contributed by atoms with Crippen LogP contribution in [0.5, 0.6) is 5.75 Å². The van der Waals surface area contributed by atoms with E-state index in [4.69, 9.17) is 4.74 Å². The Morgan fingerprint density at radius 2 is 2.16 bits per heavy atom. The second-order valence-corrected chi connectivity index (χ2v) is 8.48. The molecule has 0 spiro atoms. The van der Waals surface area contributed by atoms with Crippen LogP contribution in [0, 0.1) is 23.3 Å². The maximum Gasteiger partial charge on any atom is 0.268 e. The molecule has 0 aliphatic carbocycles. The van der Waals surface area contributed by atoms with Crippen LogP contribution in [0.3, 0.4) is 0 Å². The number of nitrogens with zero attached hydrogens (tertiary/aromatic N) is 2. The number of aromatic nitrogens is 1. The Labute approximate surface area is 187 Å². The highest BCUT2D eigenvalue weighted by Gasteiger charge is 2.29. The normalized spacial score (nSPS) is 16.5. The number of benzene rings is 1. The van der Waals surface area contributed by atoms with Gasteiger partial charge in [-0.2, -0.15) is 5.26 Å². The zero-order valence-corrected chi connectivity index (χ0v) is 18.6. The van der Waals surface area contributed by atoms with Crippen molar-refractivity contribution < 1.29 is 19.1 Å². The van der Waals surface area contributed by atoms with Crippen molar-refractivity contribution in [1.29, 1.82) is 5.26 Å². The number of fused-ring (bicyclic) bond motifs is 1.